The second kappa shape index (κ2) is 8.10. The fourth-order valence-electron chi connectivity index (χ4n) is 3.40. The lowest BCUT2D eigenvalue weighted by atomic mass is 9.95. The van der Waals surface area contributed by atoms with Crippen LogP contribution in [-0.2, 0) is 4.74 Å². The van der Waals surface area contributed by atoms with E-state index in [-0.39, 0.29) is 5.56 Å². The van der Waals surface area contributed by atoms with Crippen LogP contribution in [-0.4, -0.2) is 67.8 Å². The molecular weight excluding hydrogens is 398 g/mol. The van der Waals surface area contributed by atoms with E-state index in [4.69, 9.17) is 4.74 Å². The van der Waals surface area contributed by atoms with Gasteiger partial charge in [0.15, 0.2) is 0 Å². The van der Waals surface area contributed by atoms with Crippen molar-refractivity contribution in [2.45, 2.75) is 30.5 Å². The second-order valence-corrected chi connectivity index (χ2v) is 7.00. The standard InChI is InChI=1S/C21H18F2N2O5/c22-13-2-3-15(23)14(7-13)11-5-10(18-12(6-11)8-24-25-18)1-4-16-19(27)21(29)20(28)17(9-26)30-16/h2-3,5-8,16-17,19-21,26-29H,9H2,(H,24,25)/t16?,17?,19?,20-,21?/m1/s1. The molecule has 2 aromatic carbocycles. The molecule has 30 heavy (non-hydrogen) atoms. The third-order valence-electron chi connectivity index (χ3n) is 5.03. The minimum Gasteiger partial charge on any atom is -0.394 e. The quantitative estimate of drug-likeness (QED) is 0.393. The van der Waals surface area contributed by atoms with Gasteiger partial charge in [-0.15, -0.1) is 0 Å². The molecule has 0 bridgehead atoms. The number of benzene rings is 2. The number of aliphatic hydroxyl groups is 4. The van der Waals surface area contributed by atoms with E-state index in [0.29, 0.717) is 22.0 Å². The van der Waals surface area contributed by atoms with Gasteiger partial charge in [0.05, 0.1) is 23.9 Å². The number of rotatable bonds is 2. The number of ether oxygens (including phenoxy) is 1. The molecule has 7 nitrogen and oxygen atoms in total. The molecule has 5 atom stereocenters. The smallest absolute Gasteiger partial charge is 0.147 e. The summed E-state index contributed by atoms with van der Waals surface area (Å²) in [5, 5.41) is 46.5. The molecule has 0 saturated carbocycles. The van der Waals surface area contributed by atoms with E-state index in [0.717, 1.165) is 18.2 Å². The van der Waals surface area contributed by atoms with Crippen molar-refractivity contribution in [2.75, 3.05) is 6.61 Å². The molecule has 4 unspecified atom stereocenters. The van der Waals surface area contributed by atoms with Crippen molar-refractivity contribution in [2.24, 2.45) is 0 Å². The first-order valence-corrected chi connectivity index (χ1v) is 9.13. The predicted octanol–water partition coefficient (Wildman–Crippen LogP) is 0.702. The number of aromatic nitrogens is 2. The van der Waals surface area contributed by atoms with Crippen molar-refractivity contribution in [3.63, 3.8) is 0 Å². The lowest BCUT2D eigenvalue weighted by Crippen LogP contribution is -2.58. The molecule has 1 aliphatic heterocycles. The highest BCUT2D eigenvalue weighted by atomic mass is 19.1. The first-order valence-electron chi connectivity index (χ1n) is 9.13. The minimum absolute atomic E-state index is 0.0500. The molecule has 2 heterocycles. The average Bonchev–Trinajstić information content (AvgIpc) is 3.22. The third kappa shape index (κ3) is 3.67. The van der Waals surface area contributed by atoms with E-state index in [2.05, 4.69) is 22.0 Å². The molecule has 5 N–H and O–H groups in total. The highest BCUT2D eigenvalue weighted by Crippen LogP contribution is 2.29. The van der Waals surface area contributed by atoms with Crippen LogP contribution in [0.15, 0.2) is 36.5 Å². The maximum Gasteiger partial charge on any atom is 0.147 e. The van der Waals surface area contributed by atoms with Crippen LogP contribution in [0.4, 0.5) is 8.78 Å². The molecule has 0 spiro atoms. The summed E-state index contributed by atoms with van der Waals surface area (Å²) in [6.07, 6.45) is -5.29. The molecule has 4 rings (SSSR count). The number of aliphatic hydroxyl groups excluding tert-OH is 4. The normalized spacial score (nSPS) is 26.4. The molecule has 0 aliphatic carbocycles. The summed E-state index contributed by atoms with van der Waals surface area (Å²) in [6.45, 7) is -0.567. The van der Waals surface area contributed by atoms with Crippen LogP contribution in [0.2, 0.25) is 0 Å². The van der Waals surface area contributed by atoms with Crippen molar-refractivity contribution in [1.29, 1.82) is 0 Å². The lowest BCUT2D eigenvalue weighted by Gasteiger charge is -2.37. The highest BCUT2D eigenvalue weighted by Gasteiger charge is 2.42. The van der Waals surface area contributed by atoms with Gasteiger partial charge in [-0.1, -0.05) is 11.8 Å². The number of fused-ring (bicyclic) bond motifs is 1. The van der Waals surface area contributed by atoms with Gasteiger partial charge in [0, 0.05) is 10.9 Å². The molecule has 1 aromatic heterocycles. The average molecular weight is 416 g/mol. The summed E-state index contributed by atoms with van der Waals surface area (Å²) < 4.78 is 33.3. The van der Waals surface area contributed by atoms with Crippen LogP contribution in [0.3, 0.4) is 0 Å². The minimum atomic E-state index is -1.55. The zero-order chi connectivity index (χ0) is 21.4. The molecule has 9 heteroatoms. The Morgan fingerprint density at radius 1 is 1.07 bits per heavy atom. The Morgan fingerprint density at radius 2 is 1.87 bits per heavy atom. The Labute approximate surface area is 169 Å². The summed E-state index contributed by atoms with van der Waals surface area (Å²) in [4.78, 5) is 0. The molecule has 0 radical (unpaired) electrons. The summed E-state index contributed by atoms with van der Waals surface area (Å²) in [5.41, 5.74) is 1.33. The van der Waals surface area contributed by atoms with Crippen molar-refractivity contribution < 1.29 is 33.9 Å². The van der Waals surface area contributed by atoms with Gasteiger partial charge in [0.25, 0.3) is 0 Å². The molecule has 1 aliphatic rings. The maximum atomic E-state index is 14.2. The fourth-order valence-corrected chi connectivity index (χ4v) is 3.40. The van der Waals surface area contributed by atoms with Crippen molar-refractivity contribution in [3.05, 3.63) is 53.7 Å². The monoisotopic (exact) mass is 416 g/mol. The summed E-state index contributed by atoms with van der Waals surface area (Å²) >= 11 is 0. The summed E-state index contributed by atoms with van der Waals surface area (Å²) in [7, 11) is 0. The number of halogens is 2. The van der Waals surface area contributed by atoms with Gasteiger partial charge in [-0.25, -0.2) is 8.78 Å². The summed E-state index contributed by atoms with van der Waals surface area (Å²) in [5.74, 6) is 4.28. The van der Waals surface area contributed by atoms with Gasteiger partial charge >= 0.3 is 0 Å². The zero-order valence-electron chi connectivity index (χ0n) is 15.5. The van der Waals surface area contributed by atoms with E-state index < -0.39 is 48.8 Å². The van der Waals surface area contributed by atoms with E-state index >= 15 is 0 Å². The van der Waals surface area contributed by atoms with Crippen LogP contribution in [0.25, 0.3) is 22.0 Å². The van der Waals surface area contributed by atoms with Crippen LogP contribution < -0.4 is 0 Å². The van der Waals surface area contributed by atoms with E-state index in [9.17, 15) is 29.2 Å². The van der Waals surface area contributed by atoms with Crippen LogP contribution in [0.1, 0.15) is 5.56 Å². The van der Waals surface area contributed by atoms with Gasteiger partial charge < -0.3 is 25.2 Å². The van der Waals surface area contributed by atoms with Crippen LogP contribution in [0, 0.1) is 23.5 Å². The summed E-state index contributed by atoms with van der Waals surface area (Å²) in [6, 6.07) is 6.30. The Balaban J connectivity index is 1.75. The number of hydrogen-bond acceptors (Lipinski definition) is 6. The fraction of sp³-hybridized carbons (Fsp3) is 0.286. The van der Waals surface area contributed by atoms with Gasteiger partial charge in [0.2, 0.25) is 0 Å². The topological polar surface area (TPSA) is 119 Å². The van der Waals surface area contributed by atoms with E-state index in [1.165, 1.54) is 12.3 Å². The van der Waals surface area contributed by atoms with E-state index in [1.807, 2.05) is 0 Å². The number of nitrogens with zero attached hydrogens (tertiary/aromatic N) is 1. The number of H-pyrrole nitrogens is 1. The molecule has 1 saturated heterocycles. The zero-order valence-corrected chi connectivity index (χ0v) is 15.5. The van der Waals surface area contributed by atoms with Gasteiger partial charge in [-0.3, -0.25) is 5.10 Å². The predicted molar refractivity (Wildman–Crippen MR) is 102 cm³/mol. The Bertz CT molecular complexity index is 1140. The van der Waals surface area contributed by atoms with Crippen LogP contribution in [0.5, 0.6) is 0 Å². The SMILES string of the molecule is OCC1OC(C#Cc2cc(-c3cc(F)ccc3F)cc3cn[nH]c23)C(O)C(O)[C@@H]1O. The Kier molecular flexibility index (Phi) is 5.51. The molecule has 0 amide bonds. The lowest BCUT2D eigenvalue weighted by molar-refractivity contribution is -0.214. The maximum absolute atomic E-state index is 14.2. The third-order valence-corrected chi connectivity index (χ3v) is 5.03. The van der Waals surface area contributed by atoms with Gasteiger partial charge in [0.1, 0.15) is 42.2 Å². The molecule has 1 fully saturated rings. The Hall–Kier alpha value is -2.87. The van der Waals surface area contributed by atoms with Crippen molar-refractivity contribution in [3.8, 4) is 23.0 Å². The largest absolute Gasteiger partial charge is 0.394 e. The van der Waals surface area contributed by atoms with Crippen LogP contribution >= 0.6 is 0 Å². The van der Waals surface area contributed by atoms with Gasteiger partial charge in [-0.05, 0) is 35.9 Å². The van der Waals surface area contributed by atoms with Gasteiger partial charge in [-0.2, -0.15) is 5.10 Å². The second-order valence-electron chi connectivity index (χ2n) is 7.00. The first kappa shape index (κ1) is 20.4. The molecular formula is C21H18F2N2O5. The number of aromatic amines is 1. The van der Waals surface area contributed by atoms with Crippen molar-refractivity contribution in [1.82, 2.24) is 10.2 Å². The highest BCUT2D eigenvalue weighted by molar-refractivity contribution is 5.89. The number of nitrogens with one attached hydrogen (secondary N) is 1. The molecule has 3 aromatic rings. The van der Waals surface area contributed by atoms with Crippen molar-refractivity contribution >= 4 is 10.9 Å². The number of hydrogen-bond donors (Lipinski definition) is 5. The molecule has 156 valence electrons. The first-order chi connectivity index (χ1) is 14.4. The Morgan fingerprint density at radius 3 is 2.63 bits per heavy atom. The van der Waals surface area contributed by atoms with E-state index in [1.54, 1.807) is 6.07 Å².